The van der Waals surface area contributed by atoms with Crippen molar-refractivity contribution in [2.75, 3.05) is 19.8 Å². The number of nitrogens with zero attached hydrogens (tertiary/aromatic N) is 1. The maximum absolute atomic E-state index is 14.0. The average Bonchev–Trinajstić information content (AvgIpc) is 2.52. The topological polar surface area (TPSA) is 66.8 Å². The van der Waals surface area contributed by atoms with Crippen LogP contribution in [0.25, 0.3) is 0 Å². The Labute approximate surface area is 130 Å². The van der Waals surface area contributed by atoms with Crippen LogP contribution in [-0.4, -0.2) is 47.7 Å². The van der Waals surface area contributed by atoms with Crippen molar-refractivity contribution in [1.29, 1.82) is 0 Å². The van der Waals surface area contributed by atoms with Crippen LogP contribution in [0.4, 0.5) is 13.2 Å². The Morgan fingerprint density at radius 3 is 2.48 bits per heavy atom. The lowest BCUT2D eigenvalue weighted by molar-refractivity contribution is -0.138. The lowest BCUT2D eigenvalue weighted by Crippen LogP contribution is -2.46. The van der Waals surface area contributed by atoms with E-state index < -0.39 is 41.8 Å². The fourth-order valence-electron chi connectivity index (χ4n) is 2.50. The van der Waals surface area contributed by atoms with Gasteiger partial charge in [0.15, 0.2) is 0 Å². The highest BCUT2D eigenvalue weighted by molar-refractivity contribution is 5.96. The molecule has 1 fully saturated rings. The Kier molecular flexibility index (Phi) is 5.59. The summed E-state index contributed by atoms with van der Waals surface area (Å²) in [6.45, 7) is 0.168. The molecular formula is C15H16F3NO4. The normalized spacial score (nSPS) is 15.7. The Hall–Kier alpha value is -2.09. The van der Waals surface area contributed by atoms with E-state index >= 15 is 0 Å². The summed E-state index contributed by atoms with van der Waals surface area (Å²) in [4.78, 5) is 24.5. The standard InChI is InChI=1S/C15H16F3NO4/c16-12-7-9(14(17)18)1-2-11(12)15(22)19(8-13(20)21)10-3-5-23-6-4-10/h1-2,7,10,14H,3-6,8H2,(H,20,21). The zero-order valence-electron chi connectivity index (χ0n) is 12.2. The molecule has 1 aromatic carbocycles. The van der Waals surface area contributed by atoms with Crippen molar-refractivity contribution >= 4 is 11.9 Å². The molecule has 0 aromatic heterocycles. The molecule has 0 saturated carbocycles. The predicted molar refractivity (Wildman–Crippen MR) is 73.9 cm³/mol. The van der Waals surface area contributed by atoms with E-state index in [0.717, 1.165) is 17.0 Å². The number of alkyl halides is 2. The van der Waals surface area contributed by atoms with E-state index in [1.807, 2.05) is 0 Å². The van der Waals surface area contributed by atoms with E-state index in [9.17, 15) is 22.8 Å². The van der Waals surface area contributed by atoms with Crippen LogP contribution in [0.3, 0.4) is 0 Å². The number of benzene rings is 1. The predicted octanol–water partition coefficient (Wildman–Crippen LogP) is 2.47. The molecule has 5 nitrogen and oxygen atoms in total. The van der Waals surface area contributed by atoms with Crippen molar-refractivity contribution < 1.29 is 32.6 Å². The number of hydrogen-bond acceptors (Lipinski definition) is 3. The summed E-state index contributed by atoms with van der Waals surface area (Å²) in [5.74, 6) is -3.14. The number of carboxylic acid groups (broad SMARTS) is 1. The van der Waals surface area contributed by atoms with Gasteiger partial charge in [-0.05, 0) is 25.0 Å². The van der Waals surface area contributed by atoms with Gasteiger partial charge in [0, 0.05) is 24.8 Å². The Balaban J connectivity index is 2.27. The maximum Gasteiger partial charge on any atom is 0.323 e. The summed E-state index contributed by atoms with van der Waals surface area (Å²) in [6.07, 6.45) is -1.97. The van der Waals surface area contributed by atoms with Crippen molar-refractivity contribution in [3.05, 3.63) is 35.1 Å². The number of aliphatic carboxylic acids is 1. The lowest BCUT2D eigenvalue weighted by Gasteiger charge is -2.33. The van der Waals surface area contributed by atoms with Crippen LogP contribution in [0.1, 0.15) is 35.2 Å². The first-order valence-corrected chi connectivity index (χ1v) is 7.08. The van der Waals surface area contributed by atoms with E-state index in [1.54, 1.807) is 0 Å². The van der Waals surface area contributed by atoms with Gasteiger partial charge in [-0.1, -0.05) is 6.07 Å². The average molecular weight is 331 g/mol. The second kappa shape index (κ2) is 7.45. The third kappa shape index (κ3) is 4.22. The van der Waals surface area contributed by atoms with Crippen LogP contribution in [-0.2, 0) is 9.53 Å². The second-order valence-electron chi connectivity index (χ2n) is 5.21. The van der Waals surface area contributed by atoms with Crippen LogP contribution in [0.2, 0.25) is 0 Å². The summed E-state index contributed by atoms with van der Waals surface area (Å²) >= 11 is 0. The fourth-order valence-corrected chi connectivity index (χ4v) is 2.50. The molecule has 0 atom stereocenters. The van der Waals surface area contributed by atoms with Gasteiger partial charge < -0.3 is 14.7 Å². The molecule has 1 heterocycles. The number of carbonyl (C=O) groups is 2. The van der Waals surface area contributed by atoms with E-state index in [0.29, 0.717) is 32.1 Å². The summed E-state index contributed by atoms with van der Waals surface area (Å²) in [5.41, 5.74) is -0.947. The van der Waals surface area contributed by atoms with Gasteiger partial charge in [-0.15, -0.1) is 0 Å². The van der Waals surface area contributed by atoms with Crippen molar-refractivity contribution in [1.82, 2.24) is 4.90 Å². The first kappa shape index (κ1) is 17.3. The molecule has 1 N–H and O–H groups in total. The van der Waals surface area contributed by atoms with E-state index in [1.165, 1.54) is 0 Å². The highest BCUT2D eigenvalue weighted by atomic mass is 19.3. The molecule has 1 amide bonds. The van der Waals surface area contributed by atoms with E-state index in [4.69, 9.17) is 9.84 Å². The quantitative estimate of drug-likeness (QED) is 0.900. The van der Waals surface area contributed by atoms with E-state index in [-0.39, 0.29) is 6.04 Å². The Morgan fingerprint density at radius 1 is 1.30 bits per heavy atom. The number of ether oxygens (including phenoxy) is 1. The van der Waals surface area contributed by atoms with Crippen LogP contribution >= 0.6 is 0 Å². The summed E-state index contributed by atoms with van der Waals surface area (Å²) in [6, 6.07) is 2.14. The van der Waals surface area contributed by atoms with Crippen molar-refractivity contribution in [3.63, 3.8) is 0 Å². The molecule has 0 aliphatic carbocycles. The number of carbonyl (C=O) groups excluding carboxylic acids is 1. The van der Waals surface area contributed by atoms with Gasteiger partial charge >= 0.3 is 5.97 Å². The highest BCUT2D eigenvalue weighted by Crippen LogP contribution is 2.23. The van der Waals surface area contributed by atoms with E-state index in [2.05, 4.69) is 0 Å². The van der Waals surface area contributed by atoms with Gasteiger partial charge in [0.25, 0.3) is 12.3 Å². The molecule has 1 saturated heterocycles. The molecule has 0 unspecified atom stereocenters. The summed E-state index contributed by atoms with van der Waals surface area (Å²) in [7, 11) is 0. The smallest absolute Gasteiger partial charge is 0.323 e. The molecule has 8 heteroatoms. The summed E-state index contributed by atoms with van der Waals surface area (Å²) in [5, 5.41) is 8.98. The van der Waals surface area contributed by atoms with Crippen LogP contribution in [0.15, 0.2) is 18.2 Å². The van der Waals surface area contributed by atoms with Gasteiger partial charge in [0.05, 0.1) is 5.56 Å². The molecule has 0 bridgehead atoms. The number of carboxylic acids is 1. The fraction of sp³-hybridized carbons (Fsp3) is 0.467. The van der Waals surface area contributed by atoms with Crippen LogP contribution in [0.5, 0.6) is 0 Å². The monoisotopic (exact) mass is 331 g/mol. The van der Waals surface area contributed by atoms with Crippen LogP contribution < -0.4 is 0 Å². The minimum absolute atomic E-state index is 0.376. The highest BCUT2D eigenvalue weighted by Gasteiger charge is 2.30. The number of rotatable bonds is 5. The van der Waals surface area contributed by atoms with Gasteiger partial charge in [-0.3, -0.25) is 9.59 Å². The molecule has 2 rings (SSSR count). The van der Waals surface area contributed by atoms with Gasteiger partial charge in [0.1, 0.15) is 12.4 Å². The molecule has 1 aliphatic heterocycles. The minimum atomic E-state index is -2.85. The number of hydrogen-bond donors (Lipinski definition) is 1. The molecule has 0 radical (unpaired) electrons. The van der Waals surface area contributed by atoms with Gasteiger partial charge in [-0.25, -0.2) is 13.2 Å². The number of halogens is 3. The zero-order valence-corrected chi connectivity index (χ0v) is 12.2. The van der Waals surface area contributed by atoms with Crippen molar-refractivity contribution in [3.8, 4) is 0 Å². The second-order valence-corrected chi connectivity index (χ2v) is 5.21. The first-order chi connectivity index (χ1) is 10.9. The minimum Gasteiger partial charge on any atom is -0.480 e. The third-order valence-corrected chi connectivity index (χ3v) is 3.67. The Morgan fingerprint density at radius 2 is 1.96 bits per heavy atom. The first-order valence-electron chi connectivity index (χ1n) is 7.08. The molecular weight excluding hydrogens is 315 g/mol. The van der Waals surface area contributed by atoms with Gasteiger partial charge in [0.2, 0.25) is 0 Å². The molecule has 23 heavy (non-hydrogen) atoms. The lowest BCUT2D eigenvalue weighted by atomic mass is 10.0. The molecule has 1 aromatic rings. The van der Waals surface area contributed by atoms with Crippen molar-refractivity contribution in [2.45, 2.75) is 25.3 Å². The molecule has 126 valence electrons. The zero-order chi connectivity index (χ0) is 17.0. The molecule has 0 spiro atoms. The SMILES string of the molecule is O=C(O)CN(C(=O)c1ccc(C(F)F)cc1F)C1CCOCC1. The van der Waals surface area contributed by atoms with Crippen LogP contribution in [0, 0.1) is 5.82 Å². The largest absolute Gasteiger partial charge is 0.480 e. The maximum atomic E-state index is 14.0. The Bertz CT molecular complexity index is 588. The number of amides is 1. The third-order valence-electron chi connectivity index (χ3n) is 3.67. The van der Waals surface area contributed by atoms with Gasteiger partial charge in [-0.2, -0.15) is 0 Å². The summed E-state index contributed by atoms with van der Waals surface area (Å²) < 4.78 is 44.2. The molecule has 1 aliphatic rings. The van der Waals surface area contributed by atoms with Crippen molar-refractivity contribution in [2.24, 2.45) is 0 Å².